The summed E-state index contributed by atoms with van der Waals surface area (Å²) >= 11 is 0. The van der Waals surface area contributed by atoms with Gasteiger partial charge in [-0.15, -0.1) is 0 Å². The number of nitrogens with zero attached hydrogens (tertiary/aromatic N) is 7. The van der Waals surface area contributed by atoms with E-state index in [1.807, 2.05) is 24.3 Å². The molecular weight excluding hydrogens is 486 g/mol. The Balaban J connectivity index is 1.31. The molecule has 3 heterocycles. The van der Waals surface area contributed by atoms with Crippen LogP contribution in [-0.2, 0) is 18.4 Å². The van der Waals surface area contributed by atoms with Gasteiger partial charge in [-0.3, -0.25) is 4.79 Å². The van der Waals surface area contributed by atoms with E-state index >= 15 is 0 Å². The Bertz CT molecular complexity index is 1570. The molecule has 37 heavy (non-hydrogen) atoms. The molecule has 0 spiro atoms. The Morgan fingerprint density at radius 3 is 2.57 bits per heavy atom. The highest BCUT2D eigenvalue weighted by Crippen LogP contribution is 2.26. The first-order valence-corrected chi connectivity index (χ1v) is 11.0. The van der Waals surface area contributed by atoms with Crippen LogP contribution in [0.15, 0.2) is 66.7 Å². The van der Waals surface area contributed by atoms with E-state index in [0.717, 1.165) is 11.1 Å². The lowest BCUT2D eigenvalue weighted by molar-refractivity contribution is -0.187. The first-order chi connectivity index (χ1) is 17.8. The van der Waals surface area contributed by atoms with E-state index in [4.69, 9.17) is 4.74 Å². The molecular formula is C24H20F2N8O3. The quantitative estimate of drug-likeness (QED) is 0.340. The lowest BCUT2D eigenvalue weighted by Gasteiger charge is -2.17. The average molecular weight is 506 g/mol. The Labute approximate surface area is 208 Å². The number of ether oxygens (including phenoxy) is 2. The van der Waals surface area contributed by atoms with Gasteiger partial charge < -0.3 is 14.8 Å². The number of alkyl halides is 2. The van der Waals surface area contributed by atoms with E-state index in [0.29, 0.717) is 17.2 Å². The fourth-order valence-corrected chi connectivity index (χ4v) is 3.47. The molecule has 1 amide bonds. The van der Waals surface area contributed by atoms with Gasteiger partial charge in [-0.25, -0.2) is 14.2 Å². The molecule has 5 rings (SSSR count). The van der Waals surface area contributed by atoms with E-state index in [1.165, 1.54) is 22.9 Å². The predicted octanol–water partition coefficient (Wildman–Crippen LogP) is 3.44. The topological polar surface area (TPSA) is 122 Å². The lowest BCUT2D eigenvalue weighted by Crippen LogP contribution is -2.40. The number of carbonyl (C=O) groups is 1. The summed E-state index contributed by atoms with van der Waals surface area (Å²) in [6.45, 7) is 1.73. The number of aromatic nitrogens is 7. The molecule has 1 N–H and O–H groups in total. The van der Waals surface area contributed by atoms with Crippen LogP contribution in [0.3, 0.4) is 0 Å². The van der Waals surface area contributed by atoms with E-state index < -0.39 is 12.0 Å². The van der Waals surface area contributed by atoms with Crippen molar-refractivity contribution in [2.75, 3.05) is 5.32 Å². The number of nitrogens with one attached hydrogen (secondary N) is 1. The first-order valence-electron chi connectivity index (χ1n) is 11.0. The molecule has 0 saturated heterocycles. The molecule has 0 atom stereocenters. The van der Waals surface area contributed by atoms with Crippen molar-refractivity contribution in [3.8, 4) is 17.7 Å². The maximum atomic E-state index is 14.4. The Morgan fingerprint density at radius 2 is 1.81 bits per heavy atom. The molecule has 0 radical (unpaired) electrons. The van der Waals surface area contributed by atoms with Gasteiger partial charge in [-0.05, 0) is 53.7 Å². The normalized spacial score (nSPS) is 11.5. The van der Waals surface area contributed by atoms with Crippen LogP contribution in [0.1, 0.15) is 11.3 Å². The number of fused-ring (bicyclic) bond motifs is 1. The van der Waals surface area contributed by atoms with Crippen LogP contribution in [0, 0.1) is 6.92 Å². The molecule has 3 aromatic heterocycles. The maximum Gasteiger partial charge on any atom is 0.482 e. The standard InChI is InChI=1S/C24H20F2N8O3/c1-15-10-12-17(13-11-15)37-24(25,26)21(35)29-20-9-5-6-16(27-20)14-36-23-28-18-7-3-4-8-19(18)34(23)22-30-31-32-33(22)2/h3-13H,14H2,1-2H3,(H,27,29,35). The van der Waals surface area contributed by atoms with Crippen molar-refractivity contribution >= 4 is 22.8 Å². The highest BCUT2D eigenvalue weighted by Gasteiger charge is 2.42. The van der Waals surface area contributed by atoms with Crippen LogP contribution in [-0.4, -0.2) is 46.8 Å². The van der Waals surface area contributed by atoms with Gasteiger partial charge in [0.05, 0.1) is 16.7 Å². The third-order valence-electron chi connectivity index (χ3n) is 5.26. The van der Waals surface area contributed by atoms with Gasteiger partial charge in [0, 0.05) is 7.05 Å². The minimum Gasteiger partial charge on any atom is -0.458 e. The number of imidazole rings is 1. The van der Waals surface area contributed by atoms with Crippen molar-refractivity contribution in [1.29, 1.82) is 0 Å². The third-order valence-corrected chi connectivity index (χ3v) is 5.26. The smallest absolute Gasteiger partial charge is 0.458 e. The number of tetrazole rings is 1. The second-order valence-corrected chi connectivity index (χ2v) is 8.01. The molecule has 5 aromatic rings. The zero-order valence-corrected chi connectivity index (χ0v) is 19.7. The summed E-state index contributed by atoms with van der Waals surface area (Å²) in [7, 11) is 1.68. The number of anilines is 1. The molecule has 0 fully saturated rings. The van der Waals surface area contributed by atoms with Crippen LogP contribution < -0.4 is 14.8 Å². The van der Waals surface area contributed by atoms with Crippen LogP contribution in [0.4, 0.5) is 14.6 Å². The van der Waals surface area contributed by atoms with Crippen LogP contribution in [0.5, 0.6) is 11.8 Å². The number of carbonyl (C=O) groups excluding carboxylic acids is 1. The Hall–Kier alpha value is -4.94. The number of hydrogen-bond acceptors (Lipinski definition) is 8. The number of para-hydroxylation sites is 2. The van der Waals surface area contributed by atoms with Gasteiger partial charge in [0.25, 0.3) is 5.95 Å². The highest BCUT2D eigenvalue weighted by atomic mass is 19.3. The second kappa shape index (κ2) is 9.60. The lowest BCUT2D eigenvalue weighted by atomic mass is 10.2. The number of amides is 1. The minimum atomic E-state index is -4.11. The van der Waals surface area contributed by atoms with Crippen molar-refractivity contribution in [1.82, 2.24) is 34.7 Å². The van der Waals surface area contributed by atoms with E-state index in [1.54, 1.807) is 42.8 Å². The summed E-state index contributed by atoms with van der Waals surface area (Å²) in [5.74, 6) is -1.50. The summed E-state index contributed by atoms with van der Waals surface area (Å²) in [5.41, 5.74) is 2.60. The van der Waals surface area contributed by atoms with Crippen LogP contribution in [0.2, 0.25) is 0 Å². The summed E-state index contributed by atoms with van der Waals surface area (Å²) in [6.07, 6.45) is -4.11. The Morgan fingerprint density at radius 1 is 1.03 bits per heavy atom. The van der Waals surface area contributed by atoms with Crippen molar-refractivity contribution in [2.24, 2.45) is 7.05 Å². The summed E-state index contributed by atoms with van der Waals surface area (Å²) in [4.78, 5) is 20.9. The molecule has 13 heteroatoms. The van der Waals surface area contributed by atoms with Crippen LogP contribution in [0.25, 0.3) is 17.0 Å². The number of hydrogen-bond donors (Lipinski definition) is 1. The predicted molar refractivity (Wildman–Crippen MR) is 127 cm³/mol. The SMILES string of the molecule is Cc1ccc(OC(F)(F)C(=O)Nc2cccc(COc3nc4ccccc4n3-c3nnnn3C)n2)cc1. The first kappa shape index (κ1) is 23.8. The van der Waals surface area contributed by atoms with Gasteiger partial charge >= 0.3 is 18.0 Å². The number of pyridine rings is 1. The summed E-state index contributed by atoms with van der Waals surface area (Å²) in [6, 6.07) is 18.0. The molecule has 0 aliphatic rings. The summed E-state index contributed by atoms with van der Waals surface area (Å²) < 4.78 is 42.3. The van der Waals surface area contributed by atoms with Crippen molar-refractivity contribution in [3.05, 3.63) is 78.0 Å². The van der Waals surface area contributed by atoms with Gasteiger partial charge in [0.2, 0.25) is 0 Å². The van der Waals surface area contributed by atoms with E-state index in [9.17, 15) is 13.6 Å². The molecule has 2 aromatic carbocycles. The number of halogens is 2. The molecule has 188 valence electrons. The number of aryl methyl sites for hydroxylation is 2. The van der Waals surface area contributed by atoms with Gasteiger partial charge in [0.1, 0.15) is 18.2 Å². The average Bonchev–Trinajstić information content (AvgIpc) is 3.46. The maximum absolute atomic E-state index is 14.4. The number of rotatable bonds is 8. The zero-order valence-electron chi connectivity index (χ0n) is 19.7. The van der Waals surface area contributed by atoms with Crippen molar-refractivity contribution < 1.29 is 23.0 Å². The molecule has 0 bridgehead atoms. The van der Waals surface area contributed by atoms with Crippen LogP contribution >= 0.6 is 0 Å². The summed E-state index contributed by atoms with van der Waals surface area (Å²) in [5, 5.41) is 13.6. The fourth-order valence-electron chi connectivity index (χ4n) is 3.47. The zero-order chi connectivity index (χ0) is 26.0. The molecule has 0 unspecified atom stereocenters. The molecule has 11 nitrogen and oxygen atoms in total. The van der Waals surface area contributed by atoms with Gasteiger partial charge in [0.15, 0.2) is 0 Å². The van der Waals surface area contributed by atoms with Crippen molar-refractivity contribution in [2.45, 2.75) is 19.6 Å². The molecule has 0 aliphatic heterocycles. The molecule has 0 aliphatic carbocycles. The monoisotopic (exact) mass is 506 g/mol. The third kappa shape index (κ3) is 5.05. The van der Waals surface area contributed by atoms with Gasteiger partial charge in [-0.2, -0.15) is 13.8 Å². The highest BCUT2D eigenvalue weighted by molar-refractivity contribution is 5.94. The second-order valence-electron chi connectivity index (χ2n) is 8.01. The van der Waals surface area contributed by atoms with Crippen molar-refractivity contribution in [3.63, 3.8) is 0 Å². The minimum absolute atomic E-state index is 0.0748. The van der Waals surface area contributed by atoms with E-state index in [-0.39, 0.29) is 24.2 Å². The number of benzene rings is 2. The fraction of sp³-hybridized carbons (Fsp3) is 0.167. The largest absolute Gasteiger partial charge is 0.482 e. The Kier molecular flexibility index (Phi) is 6.17. The van der Waals surface area contributed by atoms with Gasteiger partial charge in [-0.1, -0.05) is 41.0 Å². The van der Waals surface area contributed by atoms with E-state index in [2.05, 4.69) is 35.5 Å². The molecule has 0 saturated carbocycles.